The van der Waals surface area contributed by atoms with Crippen LogP contribution in [0.15, 0.2) is 58.1 Å². The van der Waals surface area contributed by atoms with E-state index >= 15 is 0 Å². The lowest BCUT2D eigenvalue weighted by Crippen LogP contribution is -2.27. The Kier molecular flexibility index (Phi) is 3.74. The summed E-state index contributed by atoms with van der Waals surface area (Å²) >= 11 is 0. The number of fused-ring (bicyclic) bond motifs is 5. The van der Waals surface area contributed by atoms with E-state index in [1.54, 1.807) is 10.9 Å². The first kappa shape index (κ1) is 17.5. The quantitative estimate of drug-likeness (QED) is 0.574. The zero-order valence-corrected chi connectivity index (χ0v) is 16.0. The minimum absolute atomic E-state index is 0.0304. The third-order valence-electron chi connectivity index (χ3n) is 5.63. The average molecular weight is 389 g/mol. The third kappa shape index (κ3) is 2.61. The molecule has 1 unspecified atom stereocenters. The van der Waals surface area contributed by atoms with Crippen LogP contribution in [0.25, 0.3) is 28.1 Å². The Morgan fingerprint density at radius 1 is 1.31 bits per heavy atom. The van der Waals surface area contributed by atoms with Crippen molar-refractivity contribution >= 4 is 16.9 Å². The highest BCUT2D eigenvalue weighted by molar-refractivity contribution is 5.91. The Bertz CT molecular complexity index is 1310. The van der Waals surface area contributed by atoms with Crippen LogP contribution in [0.5, 0.6) is 0 Å². The molecule has 4 aromatic rings. The topological polar surface area (TPSA) is 90.3 Å². The number of furan rings is 1. The number of rotatable bonds is 3. The largest absolute Gasteiger partial charge is 0.477 e. The highest BCUT2D eigenvalue weighted by Gasteiger charge is 2.31. The van der Waals surface area contributed by atoms with Gasteiger partial charge < -0.3 is 14.1 Å². The van der Waals surface area contributed by atoms with Gasteiger partial charge in [-0.3, -0.25) is 4.79 Å². The summed E-state index contributed by atoms with van der Waals surface area (Å²) in [7, 11) is 0. The molecular weight excluding hydrogens is 370 g/mol. The summed E-state index contributed by atoms with van der Waals surface area (Å²) in [6.45, 7) is 4.19. The van der Waals surface area contributed by atoms with Crippen molar-refractivity contribution in [3.8, 4) is 17.1 Å². The molecule has 1 aliphatic rings. The van der Waals surface area contributed by atoms with Crippen molar-refractivity contribution in [2.75, 3.05) is 0 Å². The summed E-state index contributed by atoms with van der Waals surface area (Å²) in [6.07, 6.45) is 5.74. The monoisotopic (exact) mass is 389 g/mol. The van der Waals surface area contributed by atoms with E-state index in [9.17, 15) is 14.7 Å². The smallest absolute Gasteiger partial charge is 0.341 e. The van der Waals surface area contributed by atoms with Crippen molar-refractivity contribution in [2.24, 2.45) is 5.92 Å². The van der Waals surface area contributed by atoms with Gasteiger partial charge in [0.25, 0.3) is 0 Å². The molecule has 4 heterocycles. The fourth-order valence-electron chi connectivity index (χ4n) is 4.14. The van der Waals surface area contributed by atoms with Gasteiger partial charge in [-0.2, -0.15) is 5.10 Å². The van der Waals surface area contributed by atoms with Crippen LogP contribution in [0.4, 0.5) is 0 Å². The predicted octanol–water partition coefficient (Wildman–Crippen LogP) is 3.90. The number of pyridine rings is 1. The molecule has 0 radical (unpaired) electrons. The molecule has 1 aromatic carbocycles. The summed E-state index contributed by atoms with van der Waals surface area (Å²) in [4.78, 5) is 23.9. The van der Waals surface area contributed by atoms with Crippen LogP contribution in [0.3, 0.4) is 0 Å². The Morgan fingerprint density at radius 3 is 2.83 bits per heavy atom. The maximum absolute atomic E-state index is 12.4. The Labute approximate surface area is 165 Å². The van der Waals surface area contributed by atoms with Gasteiger partial charge in [-0.05, 0) is 30.5 Å². The summed E-state index contributed by atoms with van der Waals surface area (Å²) in [5, 5.41) is 14.6. The van der Waals surface area contributed by atoms with E-state index in [0.29, 0.717) is 23.5 Å². The number of carboxylic acid groups (broad SMARTS) is 1. The Morgan fingerprint density at radius 2 is 2.14 bits per heavy atom. The van der Waals surface area contributed by atoms with Crippen LogP contribution in [-0.2, 0) is 6.42 Å². The molecule has 0 amide bonds. The van der Waals surface area contributed by atoms with Gasteiger partial charge in [-0.1, -0.05) is 13.8 Å². The molecule has 0 fully saturated rings. The van der Waals surface area contributed by atoms with Crippen molar-refractivity contribution in [3.63, 3.8) is 0 Å². The van der Waals surface area contributed by atoms with Crippen LogP contribution in [0.2, 0.25) is 0 Å². The van der Waals surface area contributed by atoms with Gasteiger partial charge in [0.15, 0.2) is 11.2 Å². The minimum atomic E-state index is -1.22. The van der Waals surface area contributed by atoms with Crippen LogP contribution in [-0.4, -0.2) is 25.4 Å². The van der Waals surface area contributed by atoms with Crippen LogP contribution < -0.4 is 5.43 Å². The molecule has 7 heteroatoms. The second kappa shape index (κ2) is 6.20. The molecule has 1 aliphatic heterocycles. The first-order chi connectivity index (χ1) is 13.9. The van der Waals surface area contributed by atoms with Gasteiger partial charge in [0.2, 0.25) is 0 Å². The van der Waals surface area contributed by atoms with Crippen LogP contribution in [0, 0.1) is 5.92 Å². The lowest BCUT2D eigenvalue weighted by Gasteiger charge is -2.31. The standard InChI is InChI=1S/C22H19N3O4/c1-12(2)17-9-15-14-5-4-13(25-7-3-6-23-25)8-20(14)29-21(15)18-10-19(26)16(22(27)28)11-24(17)18/h3-8,10-12,17H,9H2,1-2H3,(H,27,28). The van der Waals surface area contributed by atoms with Gasteiger partial charge in [0.1, 0.15) is 11.1 Å². The summed E-state index contributed by atoms with van der Waals surface area (Å²) in [6, 6.07) is 9.21. The van der Waals surface area contributed by atoms with E-state index in [1.807, 2.05) is 35.0 Å². The summed E-state index contributed by atoms with van der Waals surface area (Å²) in [5.74, 6) is -0.338. The molecule has 3 aromatic heterocycles. The lowest BCUT2D eigenvalue weighted by molar-refractivity contribution is 0.0694. The summed E-state index contributed by atoms with van der Waals surface area (Å²) in [5.41, 5.74) is 2.53. The van der Waals surface area contributed by atoms with Gasteiger partial charge in [0.05, 0.1) is 11.4 Å². The Balaban J connectivity index is 1.76. The van der Waals surface area contributed by atoms with Gasteiger partial charge in [-0.15, -0.1) is 0 Å². The molecule has 0 saturated carbocycles. The van der Waals surface area contributed by atoms with Crippen molar-refractivity contribution < 1.29 is 14.3 Å². The predicted molar refractivity (Wildman–Crippen MR) is 108 cm³/mol. The first-order valence-corrected chi connectivity index (χ1v) is 9.49. The molecule has 1 atom stereocenters. The molecule has 29 heavy (non-hydrogen) atoms. The van der Waals surface area contributed by atoms with E-state index in [4.69, 9.17) is 4.42 Å². The molecule has 0 spiro atoms. The van der Waals surface area contributed by atoms with E-state index in [1.165, 1.54) is 12.3 Å². The first-order valence-electron chi connectivity index (χ1n) is 9.49. The number of aromatic carboxylic acids is 1. The van der Waals surface area contributed by atoms with Gasteiger partial charge >= 0.3 is 5.97 Å². The fourth-order valence-corrected chi connectivity index (χ4v) is 4.14. The van der Waals surface area contributed by atoms with Crippen molar-refractivity contribution in [1.82, 2.24) is 14.3 Å². The maximum Gasteiger partial charge on any atom is 0.341 e. The number of hydrogen-bond acceptors (Lipinski definition) is 4. The number of hydrogen-bond donors (Lipinski definition) is 1. The maximum atomic E-state index is 12.4. The van der Waals surface area contributed by atoms with Gasteiger partial charge in [-0.25, -0.2) is 9.48 Å². The van der Waals surface area contributed by atoms with Crippen molar-refractivity contribution in [3.05, 3.63) is 70.3 Å². The average Bonchev–Trinajstić information content (AvgIpc) is 3.34. The van der Waals surface area contributed by atoms with E-state index in [-0.39, 0.29) is 17.5 Å². The van der Waals surface area contributed by atoms with Crippen molar-refractivity contribution in [2.45, 2.75) is 26.3 Å². The number of nitrogens with zero attached hydrogens (tertiary/aromatic N) is 3. The molecule has 5 rings (SSSR count). The molecule has 7 nitrogen and oxygen atoms in total. The van der Waals surface area contributed by atoms with E-state index in [2.05, 4.69) is 18.9 Å². The fraction of sp³-hybridized carbons (Fsp3) is 0.227. The minimum Gasteiger partial charge on any atom is -0.477 e. The molecular formula is C22H19N3O4. The SMILES string of the molecule is CC(C)C1Cc2c(oc3cc(-n4cccn4)ccc23)-c2cc(=O)c(C(=O)O)cn21. The number of carbonyl (C=O) groups is 1. The van der Waals surface area contributed by atoms with E-state index in [0.717, 1.165) is 16.6 Å². The van der Waals surface area contributed by atoms with Gasteiger partial charge in [0, 0.05) is 47.7 Å². The number of benzene rings is 1. The molecule has 1 N–H and O–H groups in total. The second-order valence-electron chi connectivity index (χ2n) is 7.71. The molecule has 0 bridgehead atoms. The van der Waals surface area contributed by atoms with E-state index < -0.39 is 11.4 Å². The number of aromatic nitrogens is 3. The molecule has 0 saturated heterocycles. The Hall–Kier alpha value is -3.61. The second-order valence-corrected chi connectivity index (χ2v) is 7.71. The molecule has 146 valence electrons. The zero-order valence-electron chi connectivity index (χ0n) is 16.0. The van der Waals surface area contributed by atoms with Crippen LogP contribution >= 0.6 is 0 Å². The normalized spacial score (nSPS) is 15.5. The van der Waals surface area contributed by atoms with Crippen molar-refractivity contribution in [1.29, 1.82) is 0 Å². The third-order valence-corrected chi connectivity index (χ3v) is 5.63. The highest BCUT2D eigenvalue weighted by Crippen LogP contribution is 2.42. The zero-order chi connectivity index (χ0) is 20.3. The molecule has 0 aliphatic carbocycles. The van der Waals surface area contributed by atoms with Crippen LogP contribution in [0.1, 0.15) is 35.8 Å². The summed E-state index contributed by atoms with van der Waals surface area (Å²) < 4.78 is 9.83. The number of carboxylic acids is 1. The highest BCUT2D eigenvalue weighted by atomic mass is 16.4. The lowest BCUT2D eigenvalue weighted by atomic mass is 9.89.